The molecule has 0 fully saturated rings. The van der Waals surface area contributed by atoms with Crippen LogP contribution in [0.1, 0.15) is 50.4 Å². The topological polar surface area (TPSA) is 61.6 Å². The second kappa shape index (κ2) is 8.36. The molecule has 0 N–H and O–H groups in total. The second-order valence-corrected chi connectivity index (χ2v) is 4.84. The molecule has 1 aromatic carbocycles. The molecular formula is C16H22FNO4. The summed E-state index contributed by atoms with van der Waals surface area (Å²) in [7, 11) is 2.89. The highest BCUT2D eigenvalue weighted by molar-refractivity contribution is 5.60. The summed E-state index contributed by atoms with van der Waals surface area (Å²) in [4.78, 5) is 10.5. The summed E-state index contributed by atoms with van der Waals surface area (Å²) >= 11 is 0. The van der Waals surface area contributed by atoms with Gasteiger partial charge in [-0.2, -0.15) is 0 Å². The van der Waals surface area contributed by atoms with Gasteiger partial charge in [0.05, 0.1) is 24.7 Å². The lowest BCUT2D eigenvalue weighted by Gasteiger charge is -2.17. The number of rotatable bonds is 8. The van der Waals surface area contributed by atoms with Crippen molar-refractivity contribution in [1.82, 2.24) is 0 Å². The molecule has 0 aliphatic rings. The molecule has 0 heterocycles. The molecule has 0 saturated carbocycles. The average molecular weight is 311 g/mol. The molecule has 0 amide bonds. The predicted octanol–water partition coefficient (Wildman–Crippen LogP) is 4.54. The van der Waals surface area contributed by atoms with Gasteiger partial charge in [-0.15, -0.1) is 0 Å². The molecule has 122 valence electrons. The fourth-order valence-corrected chi connectivity index (χ4v) is 2.23. The van der Waals surface area contributed by atoms with Gasteiger partial charge >= 0.3 is 0 Å². The summed E-state index contributed by atoms with van der Waals surface area (Å²) in [5.41, 5.74) is 0.972. The van der Waals surface area contributed by atoms with Crippen LogP contribution >= 0.6 is 0 Å². The van der Waals surface area contributed by atoms with Crippen molar-refractivity contribution in [2.24, 2.45) is 0 Å². The van der Waals surface area contributed by atoms with Crippen molar-refractivity contribution in [3.63, 3.8) is 0 Å². The zero-order chi connectivity index (χ0) is 16.7. The van der Waals surface area contributed by atoms with Crippen LogP contribution in [0.25, 0.3) is 6.08 Å². The second-order valence-electron chi connectivity index (χ2n) is 4.84. The van der Waals surface area contributed by atoms with E-state index in [-0.39, 0.29) is 5.70 Å². The summed E-state index contributed by atoms with van der Waals surface area (Å²) in [6, 6.07) is 3.19. The molecule has 0 spiro atoms. The molecule has 0 aromatic heterocycles. The third-order valence-electron chi connectivity index (χ3n) is 3.35. The van der Waals surface area contributed by atoms with Gasteiger partial charge in [-0.05, 0) is 24.1 Å². The fraction of sp³-hybridized carbons (Fsp3) is 0.500. The fourth-order valence-electron chi connectivity index (χ4n) is 2.23. The Bertz CT molecular complexity index is 532. The molecule has 1 unspecified atom stereocenters. The molecule has 0 saturated heterocycles. The number of alkyl halides is 1. The molecule has 5 nitrogen and oxygen atoms in total. The van der Waals surface area contributed by atoms with E-state index in [4.69, 9.17) is 9.47 Å². The average Bonchev–Trinajstić information content (AvgIpc) is 2.51. The van der Waals surface area contributed by atoms with Crippen molar-refractivity contribution < 1.29 is 18.8 Å². The minimum absolute atomic E-state index is 0.0715. The van der Waals surface area contributed by atoms with Crippen LogP contribution in [0, 0.1) is 10.1 Å². The van der Waals surface area contributed by atoms with E-state index in [0.29, 0.717) is 41.9 Å². The number of halogens is 1. The molecule has 1 rings (SSSR count). The van der Waals surface area contributed by atoms with Crippen molar-refractivity contribution in [2.45, 2.75) is 39.3 Å². The van der Waals surface area contributed by atoms with Crippen LogP contribution in [-0.2, 0) is 0 Å². The van der Waals surface area contributed by atoms with Crippen molar-refractivity contribution >= 4 is 6.08 Å². The zero-order valence-electron chi connectivity index (χ0n) is 13.4. The Hall–Kier alpha value is -2.11. The minimum Gasteiger partial charge on any atom is -0.496 e. The highest BCUT2D eigenvalue weighted by Crippen LogP contribution is 2.40. The first kappa shape index (κ1) is 17.9. The first-order valence-electron chi connectivity index (χ1n) is 7.23. The van der Waals surface area contributed by atoms with Gasteiger partial charge in [-0.25, -0.2) is 4.39 Å². The Balaban J connectivity index is 3.39. The van der Waals surface area contributed by atoms with E-state index in [9.17, 15) is 14.5 Å². The zero-order valence-corrected chi connectivity index (χ0v) is 13.4. The van der Waals surface area contributed by atoms with Gasteiger partial charge in [0.1, 0.15) is 17.7 Å². The lowest BCUT2D eigenvalue weighted by atomic mass is 10.0. The van der Waals surface area contributed by atoms with Crippen LogP contribution in [-0.4, -0.2) is 19.1 Å². The number of hydrogen-bond donors (Lipinski definition) is 0. The number of nitrogens with zero attached hydrogens (tertiary/aromatic N) is 1. The largest absolute Gasteiger partial charge is 0.496 e. The summed E-state index contributed by atoms with van der Waals surface area (Å²) in [5, 5.41) is 10.9. The molecule has 1 aromatic rings. The van der Waals surface area contributed by atoms with Gasteiger partial charge in [0.2, 0.25) is 5.70 Å². The van der Waals surface area contributed by atoms with Crippen molar-refractivity contribution in [2.75, 3.05) is 14.2 Å². The summed E-state index contributed by atoms with van der Waals surface area (Å²) in [6.45, 7) is 3.60. The summed E-state index contributed by atoms with van der Waals surface area (Å²) in [6.07, 6.45) is 1.59. The lowest BCUT2D eigenvalue weighted by Crippen LogP contribution is -2.02. The Morgan fingerprint density at radius 3 is 2.23 bits per heavy atom. The standard InChI is InChI=1S/C16H22FNO4/c1-5-7-13(17)16-14(21-3)9-11(10-15(16)22-4)8-12(6-2)18(19)20/h8-10,13H,5-7H2,1-4H3/b12-8+. The maximum atomic E-state index is 14.3. The smallest absolute Gasteiger partial charge is 0.246 e. The van der Waals surface area contributed by atoms with E-state index in [2.05, 4.69) is 0 Å². The van der Waals surface area contributed by atoms with E-state index < -0.39 is 11.1 Å². The summed E-state index contributed by atoms with van der Waals surface area (Å²) < 4.78 is 24.8. The molecule has 0 bridgehead atoms. The van der Waals surface area contributed by atoms with Crippen LogP contribution in [0.2, 0.25) is 0 Å². The van der Waals surface area contributed by atoms with Crippen LogP contribution in [0.4, 0.5) is 4.39 Å². The Morgan fingerprint density at radius 1 is 1.32 bits per heavy atom. The molecule has 6 heteroatoms. The number of hydrogen-bond acceptors (Lipinski definition) is 4. The van der Waals surface area contributed by atoms with Crippen molar-refractivity contribution in [3.8, 4) is 11.5 Å². The highest BCUT2D eigenvalue weighted by Gasteiger charge is 2.21. The van der Waals surface area contributed by atoms with Crippen LogP contribution in [0.15, 0.2) is 17.8 Å². The number of ether oxygens (including phenoxy) is 2. The van der Waals surface area contributed by atoms with Gasteiger partial charge < -0.3 is 9.47 Å². The van der Waals surface area contributed by atoms with Crippen LogP contribution < -0.4 is 9.47 Å². The normalized spacial score (nSPS) is 12.9. The monoisotopic (exact) mass is 311 g/mol. The van der Waals surface area contributed by atoms with Crippen molar-refractivity contribution in [3.05, 3.63) is 39.1 Å². The van der Waals surface area contributed by atoms with Crippen LogP contribution in [0.5, 0.6) is 11.5 Å². The van der Waals surface area contributed by atoms with Gasteiger partial charge in [-0.1, -0.05) is 20.3 Å². The van der Waals surface area contributed by atoms with E-state index in [1.807, 2.05) is 6.92 Å². The predicted molar refractivity (Wildman–Crippen MR) is 83.6 cm³/mol. The SMILES string of the molecule is CCCC(F)c1c(OC)cc(/C=C(\CC)[N+](=O)[O-])cc1OC. The quantitative estimate of drug-likeness (QED) is 0.522. The van der Waals surface area contributed by atoms with Crippen LogP contribution in [0.3, 0.4) is 0 Å². The number of benzene rings is 1. The number of nitro groups is 1. The number of methoxy groups -OCH3 is 2. The molecule has 1 atom stereocenters. The molecular weight excluding hydrogens is 289 g/mol. The van der Waals surface area contributed by atoms with Gasteiger partial charge in [0.25, 0.3) is 0 Å². The Labute approximate surface area is 129 Å². The van der Waals surface area contributed by atoms with Gasteiger partial charge in [0.15, 0.2) is 0 Å². The molecule has 0 aliphatic carbocycles. The lowest BCUT2D eigenvalue weighted by molar-refractivity contribution is -0.425. The van der Waals surface area contributed by atoms with Crippen molar-refractivity contribution in [1.29, 1.82) is 0 Å². The van der Waals surface area contributed by atoms with Gasteiger partial charge in [-0.3, -0.25) is 10.1 Å². The Kier molecular flexibility index (Phi) is 6.82. The molecule has 22 heavy (non-hydrogen) atoms. The number of allylic oxidation sites excluding steroid dienone is 1. The van der Waals surface area contributed by atoms with E-state index in [1.54, 1.807) is 19.1 Å². The van der Waals surface area contributed by atoms with Gasteiger partial charge in [0, 0.05) is 12.5 Å². The Morgan fingerprint density at radius 2 is 1.86 bits per heavy atom. The maximum Gasteiger partial charge on any atom is 0.246 e. The highest BCUT2D eigenvalue weighted by atomic mass is 19.1. The van der Waals surface area contributed by atoms with E-state index in [0.717, 1.165) is 0 Å². The summed E-state index contributed by atoms with van der Waals surface area (Å²) in [5.74, 6) is 0.677. The van der Waals surface area contributed by atoms with E-state index >= 15 is 0 Å². The minimum atomic E-state index is -1.20. The first-order chi connectivity index (χ1) is 10.5. The molecule has 0 aliphatic heterocycles. The van der Waals surface area contributed by atoms with E-state index in [1.165, 1.54) is 20.3 Å². The molecule has 0 radical (unpaired) electrons. The maximum absolute atomic E-state index is 14.3. The third-order valence-corrected chi connectivity index (χ3v) is 3.35. The third kappa shape index (κ3) is 4.19. The first-order valence-corrected chi connectivity index (χ1v) is 7.23.